The number of carboxylic acid groups (broad SMARTS) is 1. The van der Waals surface area contributed by atoms with Gasteiger partial charge in [-0.25, -0.2) is 0 Å². The van der Waals surface area contributed by atoms with Crippen LogP contribution in [0.15, 0.2) is 0 Å². The van der Waals surface area contributed by atoms with Gasteiger partial charge in [-0.15, -0.1) is 0 Å². The first kappa shape index (κ1) is 12.4. The first-order valence-electron chi connectivity index (χ1n) is 5.16. The molecule has 0 bridgehead atoms. The van der Waals surface area contributed by atoms with Crippen LogP contribution in [-0.2, 0) is 9.59 Å². The molecule has 0 aliphatic heterocycles. The fourth-order valence-corrected chi connectivity index (χ4v) is 2.38. The van der Waals surface area contributed by atoms with Crippen molar-refractivity contribution >= 4 is 24.5 Å². The summed E-state index contributed by atoms with van der Waals surface area (Å²) in [4.78, 5) is 22.5. The summed E-state index contributed by atoms with van der Waals surface area (Å²) in [5.41, 5.74) is -0.438. The van der Waals surface area contributed by atoms with Crippen LogP contribution >= 0.6 is 12.6 Å². The molecule has 1 aliphatic carbocycles. The van der Waals surface area contributed by atoms with E-state index in [1.54, 1.807) is 0 Å². The van der Waals surface area contributed by atoms with Crippen LogP contribution in [0.1, 0.15) is 32.6 Å². The molecule has 5 heteroatoms. The quantitative estimate of drug-likeness (QED) is 0.634. The van der Waals surface area contributed by atoms with Crippen LogP contribution in [0.4, 0.5) is 0 Å². The van der Waals surface area contributed by atoms with E-state index in [4.69, 9.17) is 5.11 Å². The van der Waals surface area contributed by atoms with Gasteiger partial charge in [0, 0.05) is 5.75 Å². The Hall–Kier alpha value is -0.710. The number of carboxylic acids is 1. The summed E-state index contributed by atoms with van der Waals surface area (Å²) in [6, 6.07) is -0.824. The van der Waals surface area contributed by atoms with E-state index < -0.39 is 17.4 Å². The lowest BCUT2D eigenvalue weighted by Gasteiger charge is -2.26. The standard InChI is InChI=1S/C10H17NO3S/c1-7(8(12)13)11-9(14)10(6-15)4-2-3-5-10/h7,15H,2-6H2,1H3,(H,11,14)(H,12,13)/t7-/m0/s1. The monoisotopic (exact) mass is 231 g/mol. The largest absolute Gasteiger partial charge is 0.480 e. The Labute approximate surface area is 94.8 Å². The fourth-order valence-electron chi connectivity index (χ4n) is 1.92. The van der Waals surface area contributed by atoms with Crippen molar-refractivity contribution < 1.29 is 14.7 Å². The van der Waals surface area contributed by atoms with Crippen LogP contribution in [0.5, 0.6) is 0 Å². The zero-order chi connectivity index (χ0) is 11.5. The summed E-state index contributed by atoms with van der Waals surface area (Å²) in [7, 11) is 0. The van der Waals surface area contributed by atoms with Gasteiger partial charge in [0.15, 0.2) is 0 Å². The van der Waals surface area contributed by atoms with Crippen molar-refractivity contribution in [3.05, 3.63) is 0 Å². The highest BCUT2D eigenvalue weighted by molar-refractivity contribution is 7.80. The number of thiol groups is 1. The average molecular weight is 231 g/mol. The molecule has 1 rings (SSSR count). The minimum atomic E-state index is -1.00. The number of amides is 1. The highest BCUT2D eigenvalue weighted by Crippen LogP contribution is 2.39. The lowest BCUT2D eigenvalue weighted by molar-refractivity contribution is -0.143. The van der Waals surface area contributed by atoms with Gasteiger partial charge in [0.05, 0.1) is 5.41 Å². The van der Waals surface area contributed by atoms with Crippen LogP contribution in [0, 0.1) is 5.41 Å². The molecule has 0 radical (unpaired) electrons. The normalized spacial score (nSPS) is 20.9. The first-order chi connectivity index (χ1) is 7.02. The van der Waals surface area contributed by atoms with E-state index in [0.29, 0.717) is 5.75 Å². The third kappa shape index (κ3) is 2.65. The molecule has 0 unspecified atom stereocenters. The van der Waals surface area contributed by atoms with Gasteiger partial charge in [0.2, 0.25) is 5.91 Å². The van der Waals surface area contributed by atoms with Gasteiger partial charge in [0.25, 0.3) is 0 Å². The molecule has 86 valence electrons. The van der Waals surface area contributed by atoms with Crippen molar-refractivity contribution in [1.29, 1.82) is 0 Å². The number of carbonyl (C=O) groups is 2. The van der Waals surface area contributed by atoms with Crippen molar-refractivity contribution in [3.8, 4) is 0 Å². The van der Waals surface area contributed by atoms with E-state index in [1.165, 1.54) is 6.92 Å². The van der Waals surface area contributed by atoms with Crippen molar-refractivity contribution in [2.24, 2.45) is 5.41 Å². The van der Waals surface area contributed by atoms with E-state index in [-0.39, 0.29) is 5.91 Å². The second-order valence-electron chi connectivity index (χ2n) is 4.18. The van der Waals surface area contributed by atoms with Crippen LogP contribution in [0.2, 0.25) is 0 Å². The fraction of sp³-hybridized carbons (Fsp3) is 0.800. The highest BCUT2D eigenvalue weighted by atomic mass is 32.1. The van der Waals surface area contributed by atoms with Crippen molar-refractivity contribution in [2.75, 3.05) is 5.75 Å². The van der Waals surface area contributed by atoms with Crippen molar-refractivity contribution in [3.63, 3.8) is 0 Å². The molecule has 0 saturated heterocycles. The van der Waals surface area contributed by atoms with E-state index in [0.717, 1.165) is 25.7 Å². The zero-order valence-corrected chi connectivity index (χ0v) is 9.72. The molecule has 1 amide bonds. The molecular weight excluding hydrogens is 214 g/mol. The number of hydrogen-bond donors (Lipinski definition) is 3. The Morgan fingerprint density at radius 3 is 2.40 bits per heavy atom. The lowest BCUT2D eigenvalue weighted by atomic mass is 9.87. The van der Waals surface area contributed by atoms with E-state index in [1.807, 2.05) is 0 Å². The van der Waals surface area contributed by atoms with Crippen LogP contribution in [-0.4, -0.2) is 28.8 Å². The van der Waals surface area contributed by atoms with E-state index in [2.05, 4.69) is 17.9 Å². The maximum absolute atomic E-state index is 11.9. The number of carbonyl (C=O) groups excluding carboxylic acids is 1. The molecule has 0 heterocycles. The summed E-state index contributed by atoms with van der Waals surface area (Å²) >= 11 is 4.21. The lowest BCUT2D eigenvalue weighted by Crippen LogP contribution is -2.47. The Bertz CT molecular complexity index is 261. The molecule has 0 aromatic carbocycles. The van der Waals surface area contributed by atoms with Gasteiger partial charge in [-0.3, -0.25) is 9.59 Å². The summed E-state index contributed by atoms with van der Waals surface area (Å²) in [5, 5.41) is 11.2. The summed E-state index contributed by atoms with van der Waals surface area (Å²) in [6.45, 7) is 1.47. The molecule has 0 aromatic rings. The highest BCUT2D eigenvalue weighted by Gasteiger charge is 2.40. The maximum Gasteiger partial charge on any atom is 0.325 e. The smallest absolute Gasteiger partial charge is 0.325 e. The third-order valence-electron chi connectivity index (χ3n) is 3.06. The van der Waals surface area contributed by atoms with Crippen molar-refractivity contribution in [2.45, 2.75) is 38.6 Å². The van der Waals surface area contributed by atoms with Gasteiger partial charge in [-0.1, -0.05) is 12.8 Å². The molecule has 0 aromatic heterocycles. The Kier molecular flexibility index (Phi) is 4.02. The topological polar surface area (TPSA) is 66.4 Å². The maximum atomic E-state index is 11.9. The summed E-state index contributed by atoms with van der Waals surface area (Å²) < 4.78 is 0. The molecule has 0 spiro atoms. The predicted molar refractivity (Wildman–Crippen MR) is 60.0 cm³/mol. The van der Waals surface area contributed by atoms with Gasteiger partial charge in [-0.2, -0.15) is 12.6 Å². The number of hydrogen-bond acceptors (Lipinski definition) is 3. The number of nitrogens with one attached hydrogen (secondary N) is 1. The molecule has 15 heavy (non-hydrogen) atoms. The van der Waals surface area contributed by atoms with Crippen LogP contribution < -0.4 is 5.32 Å². The van der Waals surface area contributed by atoms with E-state index in [9.17, 15) is 9.59 Å². The Morgan fingerprint density at radius 2 is 2.00 bits per heavy atom. The summed E-state index contributed by atoms with van der Waals surface area (Å²) in [5.74, 6) is -0.675. The summed E-state index contributed by atoms with van der Waals surface area (Å²) in [6.07, 6.45) is 3.67. The number of aliphatic carboxylic acids is 1. The van der Waals surface area contributed by atoms with Crippen LogP contribution in [0.3, 0.4) is 0 Å². The average Bonchev–Trinajstić information content (AvgIpc) is 2.66. The first-order valence-corrected chi connectivity index (χ1v) is 5.80. The Balaban J connectivity index is 2.62. The number of rotatable bonds is 4. The zero-order valence-electron chi connectivity index (χ0n) is 8.82. The second kappa shape index (κ2) is 4.88. The molecular formula is C10H17NO3S. The van der Waals surface area contributed by atoms with E-state index >= 15 is 0 Å². The van der Waals surface area contributed by atoms with Gasteiger partial charge < -0.3 is 10.4 Å². The van der Waals surface area contributed by atoms with Crippen LogP contribution in [0.25, 0.3) is 0 Å². The second-order valence-corrected chi connectivity index (χ2v) is 4.50. The van der Waals surface area contributed by atoms with Gasteiger partial charge in [-0.05, 0) is 19.8 Å². The predicted octanol–water partition coefficient (Wildman–Crippen LogP) is 1.07. The molecule has 1 atom stereocenters. The molecule has 4 nitrogen and oxygen atoms in total. The molecule has 1 aliphatic rings. The molecule has 2 N–H and O–H groups in total. The van der Waals surface area contributed by atoms with Crippen molar-refractivity contribution in [1.82, 2.24) is 5.32 Å². The van der Waals surface area contributed by atoms with Gasteiger partial charge in [0.1, 0.15) is 6.04 Å². The Morgan fingerprint density at radius 1 is 1.47 bits per heavy atom. The molecule has 1 saturated carbocycles. The third-order valence-corrected chi connectivity index (χ3v) is 3.67. The molecule has 1 fully saturated rings. The SMILES string of the molecule is C[C@H](NC(=O)C1(CS)CCCC1)C(=O)O. The minimum Gasteiger partial charge on any atom is -0.480 e. The minimum absolute atomic E-state index is 0.162. The van der Waals surface area contributed by atoms with Gasteiger partial charge >= 0.3 is 5.97 Å².